The van der Waals surface area contributed by atoms with Gasteiger partial charge in [0.25, 0.3) is 0 Å². The van der Waals surface area contributed by atoms with Gasteiger partial charge in [0.2, 0.25) is 0 Å². The minimum atomic E-state index is -1.00. The standard InChI is InChI=1S/C21H11ClF2N4O4/c22-14-4-3-13-12(9-26-19(13)18(14)24)7-16-20(30)28(21(31)27-16)32-17(29)6-10-1-2-11(8-25)15(23)5-10/h1-5,7,9,26H,6H2,(H,27,31)/b16-7-. The molecular formula is C21H11ClF2N4O4. The summed E-state index contributed by atoms with van der Waals surface area (Å²) in [5, 5.41) is 11.6. The molecule has 1 aliphatic heterocycles. The summed E-state index contributed by atoms with van der Waals surface area (Å²) in [6, 6.07) is 7.07. The predicted molar refractivity (Wildman–Crippen MR) is 108 cm³/mol. The lowest BCUT2D eigenvalue weighted by atomic mass is 10.1. The Morgan fingerprint density at radius 3 is 2.75 bits per heavy atom. The van der Waals surface area contributed by atoms with Crippen LogP contribution in [0.15, 0.2) is 42.2 Å². The zero-order valence-corrected chi connectivity index (χ0v) is 16.7. The number of aromatic nitrogens is 1. The monoisotopic (exact) mass is 456 g/mol. The van der Waals surface area contributed by atoms with Crippen molar-refractivity contribution in [3.63, 3.8) is 0 Å². The number of halogens is 3. The molecule has 11 heteroatoms. The lowest BCUT2D eigenvalue weighted by Gasteiger charge is -2.11. The van der Waals surface area contributed by atoms with Crippen molar-refractivity contribution in [3.8, 4) is 6.07 Å². The van der Waals surface area contributed by atoms with Gasteiger partial charge in [-0.3, -0.25) is 10.1 Å². The van der Waals surface area contributed by atoms with Gasteiger partial charge >= 0.3 is 17.9 Å². The van der Waals surface area contributed by atoms with Gasteiger partial charge in [-0.05, 0) is 29.8 Å². The maximum atomic E-state index is 14.1. The van der Waals surface area contributed by atoms with E-state index in [-0.39, 0.29) is 32.4 Å². The third-order valence-electron chi connectivity index (χ3n) is 4.61. The molecule has 0 aliphatic carbocycles. The van der Waals surface area contributed by atoms with E-state index in [1.165, 1.54) is 30.5 Å². The summed E-state index contributed by atoms with van der Waals surface area (Å²) in [5.41, 5.74) is 0.308. The van der Waals surface area contributed by atoms with Gasteiger partial charge in [-0.1, -0.05) is 28.8 Å². The number of nitriles is 1. The summed E-state index contributed by atoms with van der Waals surface area (Å²) in [7, 11) is 0. The van der Waals surface area contributed by atoms with Crippen molar-refractivity contribution in [1.29, 1.82) is 5.26 Å². The fraction of sp³-hybridized carbons (Fsp3) is 0.0476. The molecule has 4 rings (SSSR count). The molecule has 8 nitrogen and oxygen atoms in total. The number of carbonyl (C=O) groups excluding carboxylic acids is 3. The highest BCUT2D eigenvalue weighted by Gasteiger charge is 2.37. The molecular weight excluding hydrogens is 446 g/mol. The number of hydrogen-bond acceptors (Lipinski definition) is 5. The number of fused-ring (bicyclic) bond motifs is 1. The summed E-state index contributed by atoms with van der Waals surface area (Å²) < 4.78 is 27.8. The lowest BCUT2D eigenvalue weighted by Crippen LogP contribution is -2.34. The normalized spacial score (nSPS) is 14.7. The number of hydroxylamine groups is 2. The van der Waals surface area contributed by atoms with E-state index in [0.29, 0.717) is 10.9 Å². The Bertz CT molecular complexity index is 1380. The smallest absolute Gasteiger partial charge is 0.358 e. The second-order valence-corrected chi connectivity index (χ2v) is 7.09. The van der Waals surface area contributed by atoms with E-state index in [9.17, 15) is 23.2 Å². The van der Waals surface area contributed by atoms with Gasteiger partial charge < -0.3 is 9.82 Å². The Labute approximate surface area is 183 Å². The number of carbonyl (C=O) groups is 3. The Morgan fingerprint density at radius 1 is 1.25 bits per heavy atom. The third kappa shape index (κ3) is 3.77. The van der Waals surface area contributed by atoms with E-state index >= 15 is 0 Å². The maximum Gasteiger partial charge on any atom is 0.363 e. The van der Waals surface area contributed by atoms with Crippen LogP contribution in [0.4, 0.5) is 13.6 Å². The highest BCUT2D eigenvalue weighted by atomic mass is 35.5. The number of benzene rings is 2. The van der Waals surface area contributed by atoms with Crippen LogP contribution >= 0.6 is 11.6 Å². The molecule has 3 amide bonds. The fourth-order valence-corrected chi connectivity index (χ4v) is 3.25. The maximum absolute atomic E-state index is 14.1. The number of nitrogens with one attached hydrogen (secondary N) is 2. The molecule has 0 spiro atoms. The van der Waals surface area contributed by atoms with Gasteiger partial charge in [0.15, 0.2) is 5.82 Å². The van der Waals surface area contributed by atoms with Crippen LogP contribution in [-0.2, 0) is 20.8 Å². The molecule has 0 radical (unpaired) electrons. The molecule has 1 aromatic heterocycles. The first-order chi connectivity index (χ1) is 15.3. The molecule has 0 atom stereocenters. The summed E-state index contributed by atoms with van der Waals surface area (Å²) in [4.78, 5) is 44.3. The largest absolute Gasteiger partial charge is 0.363 e. The van der Waals surface area contributed by atoms with Crippen LogP contribution < -0.4 is 5.32 Å². The van der Waals surface area contributed by atoms with Crippen molar-refractivity contribution in [2.24, 2.45) is 0 Å². The predicted octanol–water partition coefficient (Wildman–Crippen LogP) is 3.56. The number of nitrogens with zero attached hydrogens (tertiary/aromatic N) is 2. The van der Waals surface area contributed by atoms with Gasteiger partial charge in [0, 0.05) is 17.1 Å². The Kier molecular flexibility index (Phi) is 5.34. The highest BCUT2D eigenvalue weighted by Crippen LogP contribution is 2.28. The molecule has 0 unspecified atom stereocenters. The minimum Gasteiger partial charge on any atom is -0.358 e. The van der Waals surface area contributed by atoms with E-state index in [1.54, 1.807) is 12.1 Å². The van der Waals surface area contributed by atoms with E-state index in [2.05, 4.69) is 10.3 Å². The van der Waals surface area contributed by atoms with Gasteiger partial charge in [0.05, 0.1) is 22.5 Å². The van der Waals surface area contributed by atoms with Crippen molar-refractivity contribution in [3.05, 3.63) is 75.6 Å². The van der Waals surface area contributed by atoms with Gasteiger partial charge in [-0.25, -0.2) is 18.4 Å². The summed E-state index contributed by atoms with van der Waals surface area (Å²) >= 11 is 5.75. The number of amides is 3. The number of rotatable bonds is 4. The number of imide groups is 1. The van der Waals surface area contributed by atoms with E-state index in [1.807, 2.05) is 0 Å². The molecule has 0 saturated carbocycles. The molecule has 1 aliphatic rings. The fourth-order valence-electron chi connectivity index (χ4n) is 3.10. The Morgan fingerprint density at radius 2 is 2.03 bits per heavy atom. The first-order valence-electron chi connectivity index (χ1n) is 9.00. The van der Waals surface area contributed by atoms with Crippen molar-refractivity contribution in [2.75, 3.05) is 0 Å². The van der Waals surface area contributed by atoms with E-state index < -0.39 is 36.0 Å². The van der Waals surface area contributed by atoms with E-state index in [4.69, 9.17) is 21.7 Å². The number of hydrogen-bond donors (Lipinski definition) is 2. The van der Waals surface area contributed by atoms with Crippen molar-refractivity contribution < 1.29 is 28.0 Å². The van der Waals surface area contributed by atoms with Crippen molar-refractivity contribution >= 4 is 46.5 Å². The molecule has 2 N–H and O–H groups in total. The Hall–Kier alpha value is -4.23. The SMILES string of the molecule is N#Cc1ccc(CC(=O)ON2C(=O)N/C(=C\c3c[nH]c4c(F)c(Cl)ccc34)C2=O)cc1F. The van der Waals surface area contributed by atoms with Crippen LogP contribution in [0.25, 0.3) is 17.0 Å². The molecule has 2 aromatic carbocycles. The minimum absolute atomic E-state index is 0.0796. The molecule has 3 aromatic rings. The summed E-state index contributed by atoms with van der Waals surface area (Å²) in [6.07, 6.45) is 2.27. The second-order valence-electron chi connectivity index (χ2n) is 6.68. The van der Waals surface area contributed by atoms with Crippen LogP contribution in [0.3, 0.4) is 0 Å². The molecule has 1 fully saturated rings. The van der Waals surface area contributed by atoms with Crippen molar-refractivity contribution in [1.82, 2.24) is 15.4 Å². The second kappa shape index (κ2) is 8.13. The summed E-state index contributed by atoms with van der Waals surface area (Å²) in [6.45, 7) is 0. The lowest BCUT2D eigenvalue weighted by molar-refractivity contribution is -0.180. The Balaban J connectivity index is 1.51. The van der Waals surface area contributed by atoms with E-state index in [0.717, 1.165) is 6.07 Å². The number of H-pyrrole nitrogens is 1. The van der Waals surface area contributed by atoms with Gasteiger partial charge in [-0.2, -0.15) is 5.26 Å². The van der Waals surface area contributed by atoms with Crippen LogP contribution in [0.2, 0.25) is 5.02 Å². The average molecular weight is 457 g/mol. The van der Waals surface area contributed by atoms with Gasteiger partial charge in [0.1, 0.15) is 17.6 Å². The number of urea groups is 1. The molecule has 2 heterocycles. The van der Waals surface area contributed by atoms with Crippen LogP contribution in [0.1, 0.15) is 16.7 Å². The molecule has 32 heavy (non-hydrogen) atoms. The zero-order chi connectivity index (χ0) is 23.0. The van der Waals surface area contributed by atoms with Gasteiger partial charge in [-0.15, -0.1) is 0 Å². The quantitative estimate of drug-likeness (QED) is 0.460. The highest BCUT2D eigenvalue weighted by molar-refractivity contribution is 6.31. The topological polar surface area (TPSA) is 115 Å². The molecule has 160 valence electrons. The van der Waals surface area contributed by atoms with Crippen LogP contribution in [-0.4, -0.2) is 28.0 Å². The first-order valence-corrected chi connectivity index (χ1v) is 9.38. The molecule has 0 bridgehead atoms. The van der Waals surface area contributed by atoms with Crippen LogP contribution in [0.5, 0.6) is 0 Å². The van der Waals surface area contributed by atoms with Crippen LogP contribution in [0, 0.1) is 23.0 Å². The average Bonchev–Trinajstić information content (AvgIpc) is 3.27. The zero-order valence-electron chi connectivity index (χ0n) is 15.9. The van der Waals surface area contributed by atoms with Crippen molar-refractivity contribution in [2.45, 2.75) is 6.42 Å². The first kappa shape index (κ1) is 21.0. The summed E-state index contributed by atoms with van der Waals surface area (Å²) in [5.74, 6) is -3.42. The molecule has 1 saturated heterocycles. The third-order valence-corrected chi connectivity index (χ3v) is 4.91. The number of aromatic amines is 1.